The number of carbonyl (C=O) groups excluding carboxylic acids is 1. The summed E-state index contributed by atoms with van der Waals surface area (Å²) in [5.74, 6) is 0.731. The first-order valence-electron chi connectivity index (χ1n) is 8.67. The number of carbonyl (C=O) groups is 1. The Labute approximate surface area is 135 Å². The third-order valence-corrected chi connectivity index (χ3v) is 6.13. The first-order chi connectivity index (χ1) is 11.3. The van der Waals surface area contributed by atoms with Crippen molar-refractivity contribution in [3.63, 3.8) is 0 Å². The summed E-state index contributed by atoms with van der Waals surface area (Å²) in [6.07, 6.45) is 6.74. The zero-order valence-corrected chi connectivity index (χ0v) is 13.2. The molecule has 4 fully saturated rings. The van der Waals surface area contributed by atoms with Gasteiger partial charge in [0.25, 0.3) is 5.91 Å². The normalized spacial score (nSPS) is 30.5. The molecule has 4 aliphatic rings. The molecule has 0 radical (unpaired) electrons. The van der Waals surface area contributed by atoms with Crippen molar-refractivity contribution in [1.29, 1.82) is 0 Å². The summed E-state index contributed by atoms with van der Waals surface area (Å²) < 4.78 is 0. The van der Waals surface area contributed by atoms with Gasteiger partial charge in [0.15, 0.2) is 0 Å². The van der Waals surface area contributed by atoms with Crippen molar-refractivity contribution in [2.24, 2.45) is 5.92 Å². The predicted molar refractivity (Wildman–Crippen MR) is 89.3 cm³/mol. The first kappa shape index (κ1) is 13.5. The van der Waals surface area contributed by atoms with Crippen LogP contribution in [0.15, 0.2) is 36.5 Å². The molecule has 118 valence electrons. The molecule has 4 heterocycles. The molecule has 3 aliphatic heterocycles. The second-order valence-corrected chi connectivity index (χ2v) is 7.29. The number of benzene rings is 1. The summed E-state index contributed by atoms with van der Waals surface area (Å²) in [5, 5.41) is 4.41. The molecule has 1 spiro atoms. The van der Waals surface area contributed by atoms with Gasteiger partial charge in [0.05, 0.1) is 11.6 Å². The van der Waals surface area contributed by atoms with Crippen LogP contribution in [0, 0.1) is 5.92 Å². The van der Waals surface area contributed by atoms with Gasteiger partial charge in [0.2, 0.25) is 0 Å². The molecular formula is C19H21N3O. The molecule has 1 aromatic carbocycles. The molecule has 2 bridgehead atoms. The van der Waals surface area contributed by atoms with Gasteiger partial charge >= 0.3 is 0 Å². The van der Waals surface area contributed by atoms with Gasteiger partial charge in [0, 0.05) is 22.7 Å². The predicted octanol–water partition coefficient (Wildman–Crippen LogP) is 2.59. The van der Waals surface area contributed by atoms with Crippen LogP contribution in [0.2, 0.25) is 0 Å². The SMILES string of the molecule is O=C(NC1C2CCN(CC2)C12CC2)c1ccc2ncccc2c1. The highest BCUT2D eigenvalue weighted by molar-refractivity contribution is 5.98. The van der Waals surface area contributed by atoms with E-state index >= 15 is 0 Å². The second-order valence-electron chi connectivity index (χ2n) is 7.29. The molecule has 1 amide bonds. The summed E-state index contributed by atoms with van der Waals surface area (Å²) >= 11 is 0. The van der Waals surface area contributed by atoms with Crippen molar-refractivity contribution in [3.8, 4) is 0 Å². The minimum Gasteiger partial charge on any atom is -0.347 e. The molecule has 1 atom stereocenters. The zero-order valence-electron chi connectivity index (χ0n) is 13.2. The van der Waals surface area contributed by atoms with Gasteiger partial charge in [-0.1, -0.05) is 6.07 Å². The van der Waals surface area contributed by atoms with Crippen molar-refractivity contribution >= 4 is 16.8 Å². The lowest BCUT2D eigenvalue weighted by molar-refractivity contribution is -0.00144. The summed E-state index contributed by atoms with van der Waals surface area (Å²) in [6.45, 7) is 2.44. The number of rotatable bonds is 2. The molecule has 4 nitrogen and oxygen atoms in total. The van der Waals surface area contributed by atoms with Gasteiger partial charge in [-0.15, -0.1) is 0 Å². The minimum absolute atomic E-state index is 0.0702. The highest BCUT2D eigenvalue weighted by Gasteiger charge is 2.60. The lowest BCUT2D eigenvalue weighted by atomic mass is 9.77. The number of aromatic nitrogens is 1. The van der Waals surface area contributed by atoms with E-state index in [1.807, 2.05) is 30.3 Å². The topological polar surface area (TPSA) is 45.2 Å². The van der Waals surface area contributed by atoms with Crippen molar-refractivity contribution in [3.05, 3.63) is 42.1 Å². The number of fused-ring (bicyclic) bond motifs is 3. The van der Waals surface area contributed by atoms with Crippen LogP contribution in [0.3, 0.4) is 0 Å². The van der Waals surface area contributed by atoms with Crippen LogP contribution in [0.5, 0.6) is 0 Å². The number of amides is 1. The van der Waals surface area contributed by atoms with Crippen LogP contribution in [-0.2, 0) is 0 Å². The summed E-state index contributed by atoms with van der Waals surface area (Å²) in [5.41, 5.74) is 1.97. The van der Waals surface area contributed by atoms with Gasteiger partial charge in [-0.05, 0) is 69.0 Å². The molecule has 1 unspecified atom stereocenters. The highest BCUT2D eigenvalue weighted by Crippen LogP contribution is 2.53. The smallest absolute Gasteiger partial charge is 0.251 e. The van der Waals surface area contributed by atoms with Crippen molar-refractivity contribution in [2.45, 2.75) is 37.3 Å². The Morgan fingerprint density at radius 1 is 1.22 bits per heavy atom. The summed E-state index contributed by atoms with van der Waals surface area (Å²) in [6, 6.07) is 10.0. The van der Waals surface area contributed by atoms with E-state index in [-0.39, 0.29) is 11.4 Å². The van der Waals surface area contributed by atoms with E-state index in [1.54, 1.807) is 6.20 Å². The Morgan fingerprint density at radius 3 is 2.83 bits per heavy atom. The minimum atomic E-state index is 0.0702. The van der Waals surface area contributed by atoms with E-state index in [1.165, 1.54) is 38.8 Å². The summed E-state index contributed by atoms with van der Waals surface area (Å²) in [4.78, 5) is 19.7. The number of nitrogens with one attached hydrogen (secondary N) is 1. The maximum Gasteiger partial charge on any atom is 0.251 e. The van der Waals surface area contributed by atoms with Gasteiger partial charge in [0.1, 0.15) is 0 Å². The first-order valence-corrected chi connectivity index (χ1v) is 8.67. The Hall–Kier alpha value is -1.94. The van der Waals surface area contributed by atoms with Crippen LogP contribution < -0.4 is 5.32 Å². The molecule has 1 saturated carbocycles. The number of hydrogen-bond donors (Lipinski definition) is 1. The molecule has 4 heteroatoms. The molecule has 1 aromatic heterocycles. The monoisotopic (exact) mass is 307 g/mol. The van der Waals surface area contributed by atoms with Crippen LogP contribution in [0.1, 0.15) is 36.0 Å². The molecule has 23 heavy (non-hydrogen) atoms. The Balaban J connectivity index is 1.42. The van der Waals surface area contributed by atoms with E-state index in [4.69, 9.17) is 0 Å². The van der Waals surface area contributed by atoms with Gasteiger partial charge in [-0.2, -0.15) is 0 Å². The van der Waals surface area contributed by atoms with Crippen molar-refractivity contribution in [1.82, 2.24) is 15.2 Å². The Bertz CT molecular complexity index is 775. The lowest BCUT2D eigenvalue weighted by Crippen LogP contribution is -2.65. The second kappa shape index (κ2) is 4.78. The molecule has 2 aromatic rings. The molecule has 1 N–H and O–H groups in total. The highest BCUT2D eigenvalue weighted by atomic mass is 16.1. The Kier molecular flexibility index (Phi) is 2.80. The Morgan fingerprint density at radius 2 is 2.04 bits per heavy atom. The fraction of sp³-hybridized carbons (Fsp3) is 0.474. The van der Waals surface area contributed by atoms with Crippen molar-refractivity contribution < 1.29 is 4.79 Å². The zero-order chi connectivity index (χ0) is 15.4. The maximum absolute atomic E-state index is 12.8. The van der Waals surface area contributed by atoms with Gasteiger partial charge in [-0.25, -0.2) is 0 Å². The maximum atomic E-state index is 12.8. The van der Waals surface area contributed by atoms with E-state index in [9.17, 15) is 4.79 Å². The van der Waals surface area contributed by atoms with E-state index in [0.717, 1.165) is 16.5 Å². The van der Waals surface area contributed by atoms with Crippen molar-refractivity contribution in [2.75, 3.05) is 13.1 Å². The quantitative estimate of drug-likeness (QED) is 0.927. The lowest BCUT2D eigenvalue weighted by Gasteiger charge is -2.52. The van der Waals surface area contributed by atoms with Gasteiger partial charge < -0.3 is 5.32 Å². The van der Waals surface area contributed by atoms with Gasteiger partial charge in [-0.3, -0.25) is 14.7 Å². The van der Waals surface area contributed by atoms with Crippen LogP contribution in [-0.4, -0.2) is 40.5 Å². The average Bonchev–Trinajstić information content (AvgIpc) is 3.39. The third-order valence-electron chi connectivity index (χ3n) is 6.13. The number of nitrogens with zero attached hydrogens (tertiary/aromatic N) is 2. The summed E-state index contributed by atoms with van der Waals surface area (Å²) in [7, 11) is 0. The number of hydrogen-bond acceptors (Lipinski definition) is 3. The average molecular weight is 307 g/mol. The molecule has 6 rings (SSSR count). The molecule has 1 aliphatic carbocycles. The third kappa shape index (κ3) is 2.01. The van der Waals surface area contributed by atoms with Crippen LogP contribution >= 0.6 is 0 Å². The largest absolute Gasteiger partial charge is 0.347 e. The standard InChI is InChI=1S/C19H21N3O/c23-18(15-3-4-16-14(12-15)2-1-9-20-16)21-17-13-5-10-22(11-6-13)19(17)7-8-19/h1-4,9,12-13,17H,5-8,10-11H2,(H,21,23). The van der Waals surface area contributed by atoms with E-state index in [2.05, 4.69) is 15.2 Å². The van der Waals surface area contributed by atoms with E-state index < -0.39 is 0 Å². The fourth-order valence-corrected chi connectivity index (χ4v) is 4.76. The number of pyridine rings is 1. The molecular weight excluding hydrogens is 286 g/mol. The van der Waals surface area contributed by atoms with E-state index in [0.29, 0.717) is 12.0 Å². The fourth-order valence-electron chi connectivity index (χ4n) is 4.76. The molecule has 3 saturated heterocycles. The number of piperidine rings is 3. The van der Waals surface area contributed by atoms with Crippen LogP contribution in [0.4, 0.5) is 0 Å². The van der Waals surface area contributed by atoms with Crippen LogP contribution in [0.25, 0.3) is 10.9 Å².